The molecule has 1 aromatic heterocycles. The average Bonchev–Trinajstić information content (AvgIpc) is 3.10. The van der Waals surface area contributed by atoms with Crippen LogP contribution in [0.1, 0.15) is 24.7 Å². The molecular weight excluding hydrogens is 360 g/mol. The zero-order valence-electron chi connectivity index (χ0n) is 13.9. The Hall–Kier alpha value is -2.19. The summed E-state index contributed by atoms with van der Waals surface area (Å²) in [6.07, 6.45) is 0. The lowest BCUT2D eigenvalue weighted by Gasteiger charge is -2.18. The zero-order valence-corrected chi connectivity index (χ0v) is 15.6. The van der Waals surface area contributed by atoms with Gasteiger partial charge in [-0.3, -0.25) is 9.59 Å². The molecule has 25 heavy (non-hydrogen) atoms. The van der Waals surface area contributed by atoms with Gasteiger partial charge in [0.25, 0.3) is 0 Å². The van der Waals surface area contributed by atoms with E-state index in [1.165, 1.54) is 6.07 Å². The first kappa shape index (κ1) is 19.1. The third-order valence-electron chi connectivity index (χ3n) is 3.40. The lowest BCUT2D eigenvalue weighted by molar-refractivity contribution is -0.139. The second-order valence-corrected chi connectivity index (χ2v) is 9.02. The van der Waals surface area contributed by atoms with Crippen molar-refractivity contribution in [2.45, 2.75) is 29.3 Å². The van der Waals surface area contributed by atoms with Crippen molar-refractivity contribution < 1.29 is 18.0 Å². The minimum absolute atomic E-state index is 0.182. The van der Waals surface area contributed by atoms with Crippen LogP contribution in [0.25, 0.3) is 0 Å². The van der Waals surface area contributed by atoms with E-state index in [0.717, 1.165) is 11.3 Å². The first-order valence-electron chi connectivity index (χ1n) is 7.73. The van der Waals surface area contributed by atoms with Gasteiger partial charge >= 0.3 is 11.8 Å². The van der Waals surface area contributed by atoms with Crippen LogP contribution in [-0.4, -0.2) is 32.8 Å². The molecule has 0 aliphatic rings. The highest BCUT2D eigenvalue weighted by atomic mass is 32.2. The monoisotopic (exact) mass is 380 g/mol. The number of thiophene rings is 1. The van der Waals surface area contributed by atoms with Gasteiger partial charge in [0.2, 0.25) is 0 Å². The molecule has 0 unspecified atom stereocenters. The maximum absolute atomic E-state index is 12.9. The molecule has 2 N–H and O–H groups in total. The van der Waals surface area contributed by atoms with Crippen molar-refractivity contribution in [3.05, 3.63) is 53.4 Å². The van der Waals surface area contributed by atoms with Gasteiger partial charge < -0.3 is 10.6 Å². The summed E-state index contributed by atoms with van der Waals surface area (Å²) in [5.41, 5.74) is 0.556. The van der Waals surface area contributed by atoms with Crippen LogP contribution < -0.4 is 10.6 Å². The zero-order chi connectivity index (χ0) is 18.4. The second-order valence-electron chi connectivity index (χ2n) is 5.71. The molecule has 1 atom stereocenters. The quantitative estimate of drug-likeness (QED) is 0.749. The molecule has 0 aliphatic heterocycles. The van der Waals surface area contributed by atoms with Gasteiger partial charge in [-0.05, 0) is 30.9 Å². The van der Waals surface area contributed by atoms with Crippen molar-refractivity contribution in [2.24, 2.45) is 0 Å². The van der Waals surface area contributed by atoms with Crippen LogP contribution in [0.15, 0.2) is 52.1 Å². The predicted octanol–water partition coefficient (Wildman–Crippen LogP) is 1.90. The second kappa shape index (κ2) is 8.26. The van der Waals surface area contributed by atoms with E-state index in [4.69, 9.17) is 0 Å². The summed E-state index contributed by atoms with van der Waals surface area (Å²) in [5.74, 6) is -1.63. The van der Waals surface area contributed by atoms with Gasteiger partial charge in [-0.15, -0.1) is 11.3 Å². The summed E-state index contributed by atoms with van der Waals surface area (Å²) < 4.78 is 26.0. The fourth-order valence-electron chi connectivity index (χ4n) is 2.23. The van der Waals surface area contributed by atoms with Crippen LogP contribution in [0.5, 0.6) is 0 Å². The fourth-order valence-corrected chi connectivity index (χ4v) is 5.10. The van der Waals surface area contributed by atoms with E-state index < -0.39 is 26.9 Å². The Morgan fingerprint density at radius 2 is 1.72 bits per heavy atom. The first-order valence-corrected chi connectivity index (χ1v) is 10.2. The van der Waals surface area contributed by atoms with Crippen molar-refractivity contribution in [3.8, 4) is 0 Å². The van der Waals surface area contributed by atoms with Crippen molar-refractivity contribution in [3.63, 3.8) is 0 Å². The molecule has 8 heteroatoms. The van der Waals surface area contributed by atoms with E-state index in [9.17, 15) is 18.0 Å². The molecule has 2 aromatic rings. The molecule has 0 saturated heterocycles. The van der Waals surface area contributed by atoms with E-state index in [1.807, 2.05) is 0 Å². The Morgan fingerprint density at radius 1 is 1.04 bits per heavy atom. The first-order chi connectivity index (χ1) is 11.8. The van der Waals surface area contributed by atoms with E-state index >= 15 is 0 Å². The van der Waals surface area contributed by atoms with Crippen molar-refractivity contribution >= 4 is 33.0 Å². The van der Waals surface area contributed by atoms with Gasteiger partial charge in [-0.2, -0.15) is 0 Å². The maximum atomic E-state index is 12.9. The number of amides is 2. The van der Waals surface area contributed by atoms with Crippen LogP contribution in [0, 0.1) is 0 Å². The molecule has 1 heterocycles. The summed E-state index contributed by atoms with van der Waals surface area (Å²) in [6, 6.07) is 11.6. The van der Waals surface area contributed by atoms with Crippen LogP contribution >= 0.6 is 11.3 Å². The molecule has 0 radical (unpaired) electrons. The van der Waals surface area contributed by atoms with Gasteiger partial charge in [-0.1, -0.05) is 36.4 Å². The highest BCUT2D eigenvalue weighted by Crippen LogP contribution is 2.30. The van der Waals surface area contributed by atoms with Crippen molar-refractivity contribution in [1.29, 1.82) is 0 Å². The van der Waals surface area contributed by atoms with Crippen molar-refractivity contribution in [2.75, 3.05) is 6.54 Å². The van der Waals surface area contributed by atoms with Crippen LogP contribution in [0.2, 0.25) is 0 Å². The third-order valence-corrected chi connectivity index (χ3v) is 6.93. The number of nitrogens with one attached hydrogen (secondary N) is 2. The Morgan fingerprint density at radius 3 is 2.28 bits per heavy atom. The lowest BCUT2D eigenvalue weighted by Crippen LogP contribution is -2.44. The molecule has 0 spiro atoms. The number of rotatable bonds is 6. The molecule has 0 saturated carbocycles. The number of carbonyl (C=O) groups is 2. The van der Waals surface area contributed by atoms with E-state index in [0.29, 0.717) is 5.56 Å². The predicted molar refractivity (Wildman–Crippen MR) is 97.0 cm³/mol. The smallest absolute Gasteiger partial charge is 0.309 e. The van der Waals surface area contributed by atoms with Gasteiger partial charge in [0.05, 0.1) is 0 Å². The minimum Gasteiger partial charge on any atom is -0.346 e. The van der Waals surface area contributed by atoms with Crippen LogP contribution in [0.4, 0.5) is 0 Å². The van der Waals surface area contributed by atoms with Gasteiger partial charge in [0.15, 0.2) is 9.84 Å². The van der Waals surface area contributed by atoms with E-state index in [2.05, 4.69) is 10.6 Å². The number of carbonyl (C=O) groups excluding carboxylic acids is 2. The topological polar surface area (TPSA) is 92.3 Å². The number of hydrogen-bond donors (Lipinski definition) is 2. The molecule has 2 amide bonds. The van der Waals surface area contributed by atoms with Crippen LogP contribution in [0.3, 0.4) is 0 Å². The Bertz CT molecular complexity index is 816. The summed E-state index contributed by atoms with van der Waals surface area (Å²) in [6.45, 7) is 3.28. The van der Waals surface area contributed by atoms with Gasteiger partial charge in [0.1, 0.15) is 9.46 Å². The van der Waals surface area contributed by atoms with Crippen molar-refractivity contribution in [1.82, 2.24) is 10.6 Å². The Labute approximate surface area is 151 Å². The molecule has 2 rings (SSSR count). The highest BCUT2D eigenvalue weighted by molar-refractivity contribution is 7.93. The molecule has 6 nitrogen and oxygen atoms in total. The number of hydrogen-bond acceptors (Lipinski definition) is 5. The lowest BCUT2D eigenvalue weighted by atomic mass is 10.1. The molecule has 1 aromatic carbocycles. The summed E-state index contributed by atoms with van der Waals surface area (Å²) >= 11 is 1.12. The molecule has 0 bridgehead atoms. The third kappa shape index (κ3) is 4.90. The normalized spacial score (nSPS) is 12.6. The fraction of sp³-hybridized carbons (Fsp3) is 0.294. The highest BCUT2D eigenvalue weighted by Gasteiger charge is 2.31. The number of benzene rings is 1. The summed E-state index contributed by atoms with van der Waals surface area (Å²) in [7, 11) is -3.68. The molecule has 0 aliphatic carbocycles. The molecular formula is C17H20N2O4S2. The van der Waals surface area contributed by atoms with Gasteiger partial charge in [0, 0.05) is 12.6 Å². The number of sulfone groups is 1. The SMILES string of the molecule is CC(C)NC(=O)C(=O)NC[C@@H](c1ccccc1)S(=O)(=O)c1cccs1. The molecule has 134 valence electrons. The summed E-state index contributed by atoms with van der Waals surface area (Å²) in [4.78, 5) is 23.6. The Balaban J connectivity index is 2.23. The minimum atomic E-state index is -3.68. The van der Waals surface area contributed by atoms with Gasteiger partial charge in [-0.25, -0.2) is 8.42 Å². The molecule has 0 fully saturated rings. The Kier molecular flexibility index (Phi) is 6.33. The van der Waals surface area contributed by atoms with E-state index in [-0.39, 0.29) is 16.8 Å². The maximum Gasteiger partial charge on any atom is 0.309 e. The summed E-state index contributed by atoms with van der Waals surface area (Å²) in [5, 5.41) is 5.62. The van der Waals surface area contributed by atoms with E-state index in [1.54, 1.807) is 55.6 Å². The van der Waals surface area contributed by atoms with Crippen LogP contribution in [-0.2, 0) is 19.4 Å². The largest absolute Gasteiger partial charge is 0.346 e. The average molecular weight is 380 g/mol. The standard InChI is InChI=1S/C17H20N2O4S2/c1-12(2)19-17(21)16(20)18-11-14(13-7-4-3-5-8-13)25(22,23)15-9-6-10-24-15/h3-10,12,14H,11H2,1-2H3,(H,18,20)(H,19,21)/t14-/m0/s1.